The molecule has 19 heteroatoms. The number of unbranched alkanes of at least 4 members (excludes halogenated alkanes) is 58. The van der Waals surface area contributed by atoms with E-state index in [1.807, 2.05) is 0 Å². The lowest BCUT2D eigenvalue weighted by Gasteiger charge is -2.21. The van der Waals surface area contributed by atoms with Crippen LogP contribution in [0.25, 0.3) is 0 Å². The van der Waals surface area contributed by atoms with Crippen molar-refractivity contribution in [2.45, 2.75) is 483 Å². The standard InChI is InChI=1S/C86H168O17P2/c1-6-9-12-15-18-21-24-27-28-29-30-31-32-33-34-39-42-47-52-57-62-67-72-86(91)103-82(76-97-84(89)70-65-60-55-50-46-41-38-36-35-37-40-43-48-53-58-63-68-79(4)5)78-101-105(94,95)99-74-80(87)73-98-104(92,93)100-77-81(102-85(90)71-66-61-56-51-45-26-23-20-17-14-11-8-3)75-96-83(88)69-64-59-54-49-44-25-22-19-16-13-10-7-2/h79-82,87H,6-78H2,1-5H3,(H,92,93)(H,94,95)/t80-,81+,82+/m0/s1. The number of esters is 4. The minimum absolute atomic E-state index is 0.108. The van der Waals surface area contributed by atoms with Gasteiger partial charge in [0, 0.05) is 25.7 Å². The van der Waals surface area contributed by atoms with Gasteiger partial charge >= 0.3 is 39.5 Å². The van der Waals surface area contributed by atoms with E-state index in [4.69, 9.17) is 37.0 Å². The molecule has 0 aliphatic carbocycles. The number of phosphoric acid groups is 2. The molecule has 3 N–H and O–H groups in total. The van der Waals surface area contributed by atoms with Gasteiger partial charge in [0.25, 0.3) is 0 Å². The van der Waals surface area contributed by atoms with Crippen LogP contribution in [0.4, 0.5) is 0 Å². The van der Waals surface area contributed by atoms with E-state index in [1.165, 1.54) is 289 Å². The molecule has 0 aromatic heterocycles. The molecule has 624 valence electrons. The molecule has 0 spiro atoms. The number of carbonyl (C=O) groups is 4. The number of carbonyl (C=O) groups excluding carboxylic acids is 4. The Morgan fingerprint density at radius 3 is 0.648 bits per heavy atom. The predicted octanol–water partition coefficient (Wildman–Crippen LogP) is 26.4. The van der Waals surface area contributed by atoms with Gasteiger partial charge in [0.1, 0.15) is 19.3 Å². The number of rotatable bonds is 86. The average molecular weight is 1540 g/mol. The second-order valence-corrected chi connectivity index (χ2v) is 34.3. The molecular formula is C86H168O17P2. The third-order valence-corrected chi connectivity index (χ3v) is 22.2. The van der Waals surface area contributed by atoms with E-state index in [2.05, 4.69) is 34.6 Å². The average Bonchev–Trinajstić information content (AvgIpc) is 0.914. The van der Waals surface area contributed by atoms with E-state index in [0.717, 1.165) is 95.8 Å². The fraction of sp³-hybridized carbons (Fsp3) is 0.953. The Morgan fingerprint density at radius 2 is 0.438 bits per heavy atom. The first kappa shape index (κ1) is 103. The van der Waals surface area contributed by atoms with Gasteiger partial charge in [-0.25, -0.2) is 9.13 Å². The first-order valence-corrected chi connectivity index (χ1v) is 47.6. The van der Waals surface area contributed by atoms with Crippen LogP contribution in [0.3, 0.4) is 0 Å². The summed E-state index contributed by atoms with van der Waals surface area (Å²) >= 11 is 0. The number of hydrogen-bond donors (Lipinski definition) is 3. The van der Waals surface area contributed by atoms with Crippen molar-refractivity contribution in [2.24, 2.45) is 5.92 Å². The van der Waals surface area contributed by atoms with Crippen molar-refractivity contribution in [3.8, 4) is 0 Å². The van der Waals surface area contributed by atoms with E-state index in [1.54, 1.807) is 0 Å². The number of hydrogen-bond acceptors (Lipinski definition) is 15. The van der Waals surface area contributed by atoms with Gasteiger partial charge < -0.3 is 33.8 Å². The number of phosphoric ester groups is 2. The molecule has 0 radical (unpaired) electrons. The summed E-state index contributed by atoms with van der Waals surface area (Å²) in [7, 11) is -9.92. The predicted molar refractivity (Wildman–Crippen MR) is 432 cm³/mol. The molecule has 105 heavy (non-hydrogen) atoms. The zero-order valence-electron chi connectivity index (χ0n) is 68.9. The van der Waals surface area contributed by atoms with E-state index < -0.39 is 97.5 Å². The topological polar surface area (TPSA) is 237 Å². The van der Waals surface area contributed by atoms with E-state index in [9.17, 15) is 43.2 Å². The minimum atomic E-state index is -4.97. The van der Waals surface area contributed by atoms with Crippen LogP contribution in [-0.2, 0) is 65.4 Å². The molecule has 0 saturated carbocycles. The van der Waals surface area contributed by atoms with Crippen molar-refractivity contribution < 1.29 is 80.2 Å². The molecule has 0 aromatic carbocycles. The molecule has 0 rings (SSSR count). The summed E-state index contributed by atoms with van der Waals surface area (Å²) in [6.45, 7) is 7.39. The molecule has 5 atom stereocenters. The van der Waals surface area contributed by atoms with Crippen molar-refractivity contribution in [1.82, 2.24) is 0 Å². The van der Waals surface area contributed by atoms with Gasteiger partial charge in [-0.1, -0.05) is 413 Å². The Balaban J connectivity index is 5.21. The maximum atomic E-state index is 13.1. The number of ether oxygens (including phenoxy) is 4. The highest BCUT2D eigenvalue weighted by molar-refractivity contribution is 7.47. The highest BCUT2D eigenvalue weighted by Gasteiger charge is 2.30. The minimum Gasteiger partial charge on any atom is -0.462 e. The highest BCUT2D eigenvalue weighted by Crippen LogP contribution is 2.45. The first-order chi connectivity index (χ1) is 51.0. The van der Waals surface area contributed by atoms with Crippen molar-refractivity contribution >= 4 is 39.5 Å². The lowest BCUT2D eigenvalue weighted by atomic mass is 10.0. The van der Waals surface area contributed by atoms with Crippen LogP contribution >= 0.6 is 15.6 Å². The summed E-state index contributed by atoms with van der Waals surface area (Å²) in [5.74, 6) is -1.29. The fourth-order valence-electron chi connectivity index (χ4n) is 13.5. The Hall–Kier alpha value is -1.94. The molecule has 2 unspecified atom stereocenters. The number of aliphatic hydroxyl groups is 1. The van der Waals surface area contributed by atoms with E-state index in [0.29, 0.717) is 25.7 Å². The van der Waals surface area contributed by atoms with Gasteiger partial charge in [-0.3, -0.25) is 37.3 Å². The zero-order chi connectivity index (χ0) is 76.9. The van der Waals surface area contributed by atoms with Crippen molar-refractivity contribution in [1.29, 1.82) is 0 Å². The number of aliphatic hydroxyl groups excluding tert-OH is 1. The second kappa shape index (κ2) is 78.7. The molecular weight excluding hydrogens is 1370 g/mol. The van der Waals surface area contributed by atoms with Crippen LogP contribution in [0, 0.1) is 5.92 Å². The molecule has 0 amide bonds. The van der Waals surface area contributed by atoms with Crippen LogP contribution in [0.15, 0.2) is 0 Å². The second-order valence-electron chi connectivity index (χ2n) is 31.4. The maximum Gasteiger partial charge on any atom is 0.472 e. The van der Waals surface area contributed by atoms with Crippen molar-refractivity contribution in [3.05, 3.63) is 0 Å². The summed E-state index contributed by atoms with van der Waals surface area (Å²) in [6.07, 6.45) is 72.2. The SMILES string of the molecule is CCCCCCCCCCCCCCCCCCCCCCCCC(=O)O[C@H](COC(=O)CCCCCCCCCCCCCCCCCCC(C)C)COP(=O)(O)OC[C@@H](O)COP(=O)(O)OC[C@@H](COC(=O)CCCCCCCCCCCCCC)OC(=O)CCCCCCCCCCCCCC. The van der Waals surface area contributed by atoms with Crippen LogP contribution in [0.1, 0.15) is 465 Å². The van der Waals surface area contributed by atoms with Gasteiger partial charge in [-0.15, -0.1) is 0 Å². The molecule has 0 bridgehead atoms. The first-order valence-electron chi connectivity index (χ1n) is 44.6. The Labute approximate surface area is 645 Å². The van der Waals surface area contributed by atoms with Gasteiger partial charge in [0.05, 0.1) is 26.4 Å². The van der Waals surface area contributed by atoms with Crippen LogP contribution in [0.2, 0.25) is 0 Å². The Morgan fingerprint density at radius 1 is 0.257 bits per heavy atom. The van der Waals surface area contributed by atoms with Gasteiger partial charge in [0.15, 0.2) is 12.2 Å². The Bertz CT molecular complexity index is 2000. The maximum absolute atomic E-state index is 13.1. The van der Waals surface area contributed by atoms with Gasteiger partial charge in [-0.05, 0) is 31.6 Å². The van der Waals surface area contributed by atoms with E-state index >= 15 is 0 Å². The molecule has 0 saturated heterocycles. The normalized spacial score (nSPS) is 13.8. The van der Waals surface area contributed by atoms with E-state index in [-0.39, 0.29) is 25.7 Å². The molecule has 17 nitrogen and oxygen atoms in total. The lowest BCUT2D eigenvalue weighted by molar-refractivity contribution is -0.161. The fourth-order valence-corrected chi connectivity index (χ4v) is 15.1. The summed E-state index contributed by atoms with van der Waals surface area (Å²) < 4.78 is 68.9. The molecule has 0 heterocycles. The Kier molecular flexibility index (Phi) is 77.3. The summed E-state index contributed by atoms with van der Waals surface area (Å²) in [6, 6.07) is 0. The quantitative estimate of drug-likeness (QED) is 0.0222. The summed E-state index contributed by atoms with van der Waals surface area (Å²) in [4.78, 5) is 73.2. The van der Waals surface area contributed by atoms with Crippen LogP contribution in [0.5, 0.6) is 0 Å². The molecule has 0 aliphatic heterocycles. The molecule has 0 fully saturated rings. The smallest absolute Gasteiger partial charge is 0.462 e. The summed E-state index contributed by atoms with van der Waals surface area (Å²) in [5, 5.41) is 10.7. The molecule has 0 aromatic rings. The van der Waals surface area contributed by atoms with Crippen LogP contribution < -0.4 is 0 Å². The van der Waals surface area contributed by atoms with Crippen molar-refractivity contribution in [2.75, 3.05) is 39.6 Å². The third-order valence-electron chi connectivity index (χ3n) is 20.3. The third kappa shape index (κ3) is 79.9. The highest BCUT2D eigenvalue weighted by atomic mass is 31.2. The zero-order valence-corrected chi connectivity index (χ0v) is 70.7. The van der Waals surface area contributed by atoms with Crippen LogP contribution in [-0.4, -0.2) is 96.7 Å². The lowest BCUT2D eigenvalue weighted by Crippen LogP contribution is -2.30. The largest absolute Gasteiger partial charge is 0.472 e. The summed E-state index contributed by atoms with van der Waals surface area (Å²) in [5.41, 5.74) is 0. The van der Waals surface area contributed by atoms with Gasteiger partial charge in [-0.2, -0.15) is 0 Å². The van der Waals surface area contributed by atoms with Crippen molar-refractivity contribution in [3.63, 3.8) is 0 Å². The monoisotopic (exact) mass is 1540 g/mol. The molecule has 0 aliphatic rings. The van der Waals surface area contributed by atoms with Gasteiger partial charge in [0.2, 0.25) is 0 Å².